The van der Waals surface area contributed by atoms with Crippen LogP contribution in [-0.4, -0.2) is 24.7 Å². The number of nitrogens with one attached hydrogen (secondary N) is 2. The predicted octanol–water partition coefficient (Wildman–Crippen LogP) is 4.64. The van der Waals surface area contributed by atoms with Gasteiger partial charge in [0.1, 0.15) is 17.9 Å². The van der Waals surface area contributed by atoms with Gasteiger partial charge < -0.3 is 15.1 Å². The highest BCUT2D eigenvalue weighted by Crippen LogP contribution is 2.31. The van der Waals surface area contributed by atoms with Crippen molar-refractivity contribution < 1.29 is 17.6 Å². The van der Waals surface area contributed by atoms with Gasteiger partial charge in [-0.3, -0.25) is 0 Å². The van der Waals surface area contributed by atoms with Crippen molar-refractivity contribution >= 4 is 17.3 Å². The molecule has 0 bridgehead atoms. The summed E-state index contributed by atoms with van der Waals surface area (Å²) in [6.07, 6.45) is -1.46. The molecule has 0 spiro atoms. The van der Waals surface area contributed by atoms with Crippen LogP contribution in [0.15, 0.2) is 53.3 Å². The van der Waals surface area contributed by atoms with E-state index in [4.69, 9.17) is 4.42 Å². The molecule has 4 aromatic rings. The number of halogens is 3. The standard InChI is InChI=1S/C20H18F3N7O/c1-12-8-13(2)30(29-12)19-27-16(25-11-18-24-6-7-31-18)10-17(28-19)26-15-5-3-4-14(9-15)20(21,22)23/h3-10H,11H2,1-2H3,(H2,25,26,27,28). The van der Waals surface area contributed by atoms with Gasteiger partial charge in [0, 0.05) is 17.4 Å². The van der Waals surface area contributed by atoms with E-state index >= 15 is 0 Å². The Morgan fingerprint density at radius 1 is 1.06 bits per heavy atom. The first kappa shape index (κ1) is 20.4. The third-order valence-electron chi connectivity index (χ3n) is 4.28. The molecule has 0 amide bonds. The molecule has 0 radical (unpaired) electrons. The fraction of sp³-hybridized carbons (Fsp3) is 0.200. The molecule has 8 nitrogen and oxygen atoms in total. The van der Waals surface area contributed by atoms with Crippen LogP contribution in [0.1, 0.15) is 22.8 Å². The zero-order valence-corrected chi connectivity index (χ0v) is 16.6. The Bertz CT molecular complexity index is 1190. The number of oxazole rings is 1. The van der Waals surface area contributed by atoms with E-state index in [1.807, 2.05) is 19.9 Å². The van der Waals surface area contributed by atoms with Gasteiger partial charge in [-0.25, -0.2) is 9.67 Å². The van der Waals surface area contributed by atoms with Crippen molar-refractivity contribution in [2.75, 3.05) is 10.6 Å². The molecule has 0 saturated carbocycles. The third kappa shape index (κ3) is 4.82. The summed E-state index contributed by atoms with van der Waals surface area (Å²) in [5.41, 5.74) is 1.08. The highest BCUT2D eigenvalue weighted by atomic mass is 19.4. The predicted molar refractivity (Wildman–Crippen MR) is 107 cm³/mol. The van der Waals surface area contributed by atoms with Gasteiger partial charge in [0.05, 0.1) is 24.0 Å². The average molecular weight is 429 g/mol. The fourth-order valence-corrected chi connectivity index (χ4v) is 2.94. The topological polar surface area (TPSA) is 93.7 Å². The molecule has 0 aliphatic rings. The van der Waals surface area contributed by atoms with Crippen LogP contribution in [-0.2, 0) is 12.7 Å². The van der Waals surface area contributed by atoms with Crippen LogP contribution in [0, 0.1) is 13.8 Å². The largest absolute Gasteiger partial charge is 0.447 e. The van der Waals surface area contributed by atoms with E-state index in [1.54, 1.807) is 10.7 Å². The number of aryl methyl sites for hydroxylation is 2. The van der Waals surface area contributed by atoms with Gasteiger partial charge in [-0.2, -0.15) is 28.2 Å². The van der Waals surface area contributed by atoms with E-state index in [9.17, 15) is 13.2 Å². The minimum Gasteiger partial charge on any atom is -0.447 e. The lowest BCUT2D eigenvalue weighted by atomic mass is 10.2. The van der Waals surface area contributed by atoms with Crippen LogP contribution < -0.4 is 10.6 Å². The molecule has 0 unspecified atom stereocenters. The summed E-state index contributed by atoms with van der Waals surface area (Å²) in [5.74, 6) is 1.44. The van der Waals surface area contributed by atoms with Crippen molar-refractivity contribution in [1.29, 1.82) is 0 Å². The SMILES string of the molecule is Cc1cc(C)n(-c2nc(NCc3ncco3)cc(Nc3cccc(C(F)(F)F)c3)n2)n1. The molecular formula is C20H18F3N7O. The lowest BCUT2D eigenvalue weighted by Crippen LogP contribution is -2.11. The summed E-state index contributed by atoms with van der Waals surface area (Å²) >= 11 is 0. The summed E-state index contributed by atoms with van der Waals surface area (Å²) in [7, 11) is 0. The fourth-order valence-electron chi connectivity index (χ4n) is 2.94. The third-order valence-corrected chi connectivity index (χ3v) is 4.28. The van der Waals surface area contributed by atoms with Crippen LogP contribution in [0.4, 0.5) is 30.5 Å². The highest BCUT2D eigenvalue weighted by molar-refractivity contribution is 5.61. The Hall–Kier alpha value is -3.89. The monoisotopic (exact) mass is 429 g/mol. The smallest absolute Gasteiger partial charge is 0.416 e. The molecule has 4 rings (SSSR count). The van der Waals surface area contributed by atoms with Crippen molar-refractivity contribution in [3.8, 4) is 5.95 Å². The summed E-state index contributed by atoms with van der Waals surface area (Å²) in [5, 5.41) is 10.4. The second-order valence-corrected chi connectivity index (χ2v) is 6.76. The molecule has 0 fully saturated rings. The van der Waals surface area contributed by atoms with Gasteiger partial charge in [0.25, 0.3) is 5.95 Å². The van der Waals surface area contributed by atoms with Crippen LogP contribution in [0.3, 0.4) is 0 Å². The van der Waals surface area contributed by atoms with Crippen LogP contribution in [0.2, 0.25) is 0 Å². The first-order chi connectivity index (χ1) is 14.8. The van der Waals surface area contributed by atoms with Crippen molar-refractivity contribution in [3.05, 3.63) is 71.7 Å². The van der Waals surface area contributed by atoms with E-state index in [2.05, 4.69) is 30.7 Å². The second-order valence-electron chi connectivity index (χ2n) is 6.76. The molecule has 160 valence electrons. The van der Waals surface area contributed by atoms with E-state index in [0.29, 0.717) is 17.5 Å². The number of rotatable bonds is 6. The molecule has 0 aliphatic carbocycles. The number of aromatic nitrogens is 5. The van der Waals surface area contributed by atoms with Crippen molar-refractivity contribution in [2.24, 2.45) is 0 Å². The van der Waals surface area contributed by atoms with Gasteiger partial charge in [-0.05, 0) is 38.1 Å². The van der Waals surface area contributed by atoms with E-state index in [-0.39, 0.29) is 18.2 Å². The molecule has 1 aromatic carbocycles. The van der Waals surface area contributed by atoms with Gasteiger partial charge in [-0.1, -0.05) is 6.07 Å². The molecular weight excluding hydrogens is 411 g/mol. The number of hydrogen-bond donors (Lipinski definition) is 2. The minimum atomic E-state index is -4.44. The Morgan fingerprint density at radius 3 is 2.55 bits per heavy atom. The average Bonchev–Trinajstić information content (AvgIpc) is 3.35. The zero-order valence-electron chi connectivity index (χ0n) is 16.6. The van der Waals surface area contributed by atoms with Crippen LogP contribution in [0.5, 0.6) is 0 Å². The maximum atomic E-state index is 13.0. The summed E-state index contributed by atoms with van der Waals surface area (Å²) in [6.45, 7) is 3.97. The number of hydrogen-bond acceptors (Lipinski definition) is 7. The Balaban J connectivity index is 1.68. The lowest BCUT2D eigenvalue weighted by molar-refractivity contribution is -0.137. The molecule has 31 heavy (non-hydrogen) atoms. The van der Waals surface area contributed by atoms with E-state index < -0.39 is 11.7 Å². The number of benzene rings is 1. The molecule has 3 aromatic heterocycles. The minimum absolute atomic E-state index is 0.242. The normalized spacial score (nSPS) is 11.5. The maximum Gasteiger partial charge on any atom is 0.416 e. The number of nitrogens with zero attached hydrogens (tertiary/aromatic N) is 5. The van der Waals surface area contributed by atoms with Gasteiger partial charge in [0.15, 0.2) is 0 Å². The highest BCUT2D eigenvalue weighted by Gasteiger charge is 2.30. The quantitative estimate of drug-likeness (QED) is 0.461. The molecule has 0 aliphatic heterocycles. The molecule has 0 atom stereocenters. The van der Waals surface area contributed by atoms with E-state index in [0.717, 1.165) is 23.5 Å². The van der Waals surface area contributed by atoms with Crippen LogP contribution >= 0.6 is 0 Å². The van der Waals surface area contributed by atoms with Crippen molar-refractivity contribution in [1.82, 2.24) is 24.7 Å². The van der Waals surface area contributed by atoms with Crippen LogP contribution in [0.25, 0.3) is 5.95 Å². The molecule has 3 heterocycles. The zero-order chi connectivity index (χ0) is 22.0. The summed E-state index contributed by atoms with van der Waals surface area (Å²) in [4.78, 5) is 12.9. The summed E-state index contributed by atoms with van der Waals surface area (Å²) in [6, 6.07) is 8.34. The number of alkyl halides is 3. The molecule has 0 saturated heterocycles. The van der Waals surface area contributed by atoms with Gasteiger partial charge in [0.2, 0.25) is 5.89 Å². The maximum absolute atomic E-state index is 13.0. The van der Waals surface area contributed by atoms with Crippen molar-refractivity contribution in [3.63, 3.8) is 0 Å². The molecule has 11 heteroatoms. The van der Waals surface area contributed by atoms with Crippen molar-refractivity contribution in [2.45, 2.75) is 26.6 Å². The molecule has 2 N–H and O–H groups in total. The Kier molecular flexibility index (Phi) is 5.32. The number of anilines is 3. The van der Waals surface area contributed by atoms with E-state index in [1.165, 1.54) is 24.6 Å². The first-order valence-electron chi connectivity index (χ1n) is 9.27. The Labute approximate surface area is 175 Å². The van der Waals surface area contributed by atoms with Gasteiger partial charge >= 0.3 is 6.18 Å². The lowest BCUT2D eigenvalue weighted by Gasteiger charge is -2.13. The first-order valence-corrected chi connectivity index (χ1v) is 9.27. The van der Waals surface area contributed by atoms with Gasteiger partial charge in [-0.15, -0.1) is 0 Å². The summed E-state index contributed by atoms with van der Waals surface area (Å²) < 4.78 is 45.9. The Morgan fingerprint density at radius 2 is 1.87 bits per heavy atom. The second kappa shape index (κ2) is 8.09.